The Kier molecular flexibility index (Phi) is 11.5. The lowest BCUT2D eigenvalue weighted by atomic mass is 10.1. The average molecular weight is 528 g/mol. The molecule has 0 radical (unpaired) electrons. The molecule has 0 bridgehead atoms. The zero-order valence-corrected chi connectivity index (χ0v) is 20.7. The van der Waals surface area contributed by atoms with Gasteiger partial charge in [0.1, 0.15) is 11.5 Å². The molecule has 1 heterocycles. The molecule has 0 atom stereocenters. The lowest BCUT2D eigenvalue weighted by Gasteiger charge is -2.24. The van der Waals surface area contributed by atoms with Gasteiger partial charge in [0.25, 0.3) is 0 Å². The first kappa shape index (κ1) is 26.0. The van der Waals surface area contributed by atoms with E-state index in [1.807, 2.05) is 50.2 Å². The van der Waals surface area contributed by atoms with Crippen LogP contribution in [-0.4, -0.2) is 43.9 Å². The van der Waals surface area contributed by atoms with Gasteiger partial charge in [-0.2, -0.15) is 0 Å². The molecule has 0 aliphatic carbocycles. The fraction of sp³-hybridized carbons (Fsp3) is 0.455. The molecule has 0 spiro atoms. The summed E-state index contributed by atoms with van der Waals surface area (Å²) < 4.78 is 17.0. The maximum absolute atomic E-state index is 5.98. The second kappa shape index (κ2) is 13.3. The standard InChI is InChI=1S/C22H32N4O3.HI/c1-6-14-28-18-9-11-19(12-10-18)29-20-17(8-7-13-24-20)15-25-21(23-4)26-16-22(2,3)27-5;/h7-13H,6,14-16H2,1-5H3,(H2,23,25,26);1H. The van der Waals surface area contributed by atoms with E-state index in [4.69, 9.17) is 14.2 Å². The van der Waals surface area contributed by atoms with Crippen LogP contribution in [0.15, 0.2) is 47.6 Å². The van der Waals surface area contributed by atoms with Crippen molar-refractivity contribution in [2.45, 2.75) is 39.3 Å². The molecule has 0 amide bonds. The zero-order valence-electron chi connectivity index (χ0n) is 18.4. The van der Waals surface area contributed by atoms with Crippen LogP contribution in [0.3, 0.4) is 0 Å². The SMILES string of the molecule is CCCOc1ccc(Oc2ncccc2CNC(=NC)NCC(C)(C)OC)cc1.I. The molecule has 0 aliphatic rings. The highest BCUT2D eigenvalue weighted by molar-refractivity contribution is 14.0. The van der Waals surface area contributed by atoms with Gasteiger partial charge in [0, 0.05) is 39.0 Å². The van der Waals surface area contributed by atoms with Gasteiger partial charge in [-0.3, -0.25) is 4.99 Å². The number of benzene rings is 1. The maximum Gasteiger partial charge on any atom is 0.224 e. The van der Waals surface area contributed by atoms with Gasteiger partial charge < -0.3 is 24.8 Å². The van der Waals surface area contributed by atoms with Crippen LogP contribution in [0.4, 0.5) is 0 Å². The third-order valence-electron chi connectivity index (χ3n) is 4.27. The molecule has 166 valence electrons. The van der Waals surface area contributed by atoms with Gasteiger partial charge in [-0.1, -0.05) is 13.0 Å². The summed E-state index contributed by atoms with van der Waals surface area (Å²) in [7, 11) is 3.43. The second-order valence-corrected chi connectivity index (χ2v) is 7.13. The van der Waals surface area contributed by atoms with Crippen molar-refractivity contribution >= 4 is 29.9 Å². The minimum Gasteiger partial charge on any atom is -0.494 e. The van der Waals surface area contributed by atoms with E-state index in [1.54, 1.807) is 20.4 Å². The fourth-order valence-corrected chi connectivity index (χ4v) is 2.35. The van der Waals surface area contributed by atoms with Crippen LogP contribution < -0.4 is 20.1 Å². The lowest BCUT2D eigenvalue weighted by Crippen LogP contribution is -2.45. The van der Waals surface area contributed by atoms with E-state index in [2.05, 4.69) is 27.5 Å². The molecular formula is C22H33IN4O3. The van der Waals surface area contributed by atoms with E-state index in [0.29, 0.717) is 37.3 Å². The predicted molar refractivity (Wildman–Crippen MR) is 131 cm³/mol. The molecule has 2 aromatic rings. The van der Waals surface area contributed by atoms with Crippen LogP contribution in [-0.2, 0) is 11.3 Å². The lowest BCUT2D eigenvalue weighted by molar-refractivity contribution is 0.0268. The van der Waals surface area contributed by atoms with Gasteiger partial charge in [-0.25, -0.2) is 4.98 Å². The van der Waals surface area contributed by atoms with Gasteiger partial charge in [0.2, 0.25) is 5.88 Å². The molecule has 7 nitrogen and oxygen atoms in total. The van der Waals surface area contributed by atoms with Crippen LogP contribution in [0.1, 0.15) is 32.8 Å². The van der Waals surface area contributed by atoms with E-state index in [0.717, 1.165) is 17.7 Å². The van der Waals surface area contributed by atoms with Crippen molar-refractivity contribution in [3.63, 3.8) is 0 Å². The Balaban J connectivity index is 0.00000450. The number of halogens is 1. The number of hydrogen-bond acceptors (Lipinski definition) is 5. The first-order chi connectivity index (χ1) is 14.0. The van der Waals surface area contributed by atoms with Crippen LogP contribution in [0.5, 0.6) is 17.4 Å². The number of nitrogens with one attached hydrogen (secondary N) is 2. The molecule has 1 aromatic heterocycles. The van der Waals surface area contributed by atoms with Crippen molar-refractivity contribution in [2.24, 2.45) is 4.99 Å². The number of aromatic nitrogens is 1. The topological polar surface area (TPSA) is 77.0 Å². The number of guanidine groups is 1. The fourth-order valence-electron chi connectivity index (χ4n) is 2.35. The molecule has 1 aromatic carbocycles. The first-order valence-corrected chi connectivity index (χ1v) is 9.81. The van der Waals surface area contributed by atoms with Crippen molar-refractivity contribution in [3.05, 3.63) is 48.2 Å². The summed E-state index contributed by atoms with van der Waals surface area (Å²) in [5, 5.41) is 6.55. The number of pyridine rings is 1. The molecule has 8 heteroatoms. The zero-order chi connectivity index (χ0) is 21.1. The van der Waals surface area contributed by atoms with Crippen LogP contribution >= 0.6 is 24.0 Å². The van der Waals surface area contributed by atoms with Gasteiger partial charge >= 0.3 is 0 Å². The molecule has 0 fully saturated rings. The number of methoxy groups -OCH3 is 1. The highest BCUT2D eigenvalue weighted by atomic mass is 127. The van der Waals surface area contributed by atoms with E-state index >= 15 is 0 Å². The Morgan fingerprint density at radius 2 is 1.80 bits per heavy atom. The third-order valence-corrected chi connectivity index (χ3v) is 4.27. The normalized spacial score (nSPS) is 11.4. The highest BCUT2D eigenvalue weighted by Gasteiger charge is 2.16. The van der Waals surface area contributed by atoms with E-state index in [9.17, 15) is 0 Å². The van der Waals surface area contributed by atoms with E-state index in [1.165, 1.54) is 0 Å². The molecule has 2 rings (SSSR count). The summed E-state index contributed by atoms with van der Waals surface area (Å²) in [5.74, 6) is 2.77. The molecule has 2 N–H and O–H groups in total. The van der Waals surface area contributed by atoms with Crippen molar-refractivity contribution in [1.82, 2.24) is 15.6 Å². The van der Waals surface area contributed by atoms with Crippen molar-refractivity contribution in [2.75, 3.05) is 27.3 Å². The van der Waals surface area contributed by atoms with E-state index < -0.39 is 0 Å². The van der Waals surface area contributed by atoms with Gasteiger partial charge in [-0.05, 0) is 50.6 Å². The number of ether oxygens (including phenoxy) is 3. The van der Waals surface area contributed by atoms with Crippen molar-refractivity contribution in [1.29, 1.82) is 0 Å². The first-order valence-electron chi connectivity index (χ1n) is 9.81. The average Bonchev–Trinajstić information content (AvgIpc) is 2.74. The van der Waals surface area contributed by atoms with Crippen molar-refractivity contribution in [3.8, 4) is 17.4 Å². The minimum atomic E-state index is -0.285. The number of aliphatic imine (C=N–C) groups is 1. The monoisotopic (exact) mass is 528 g/mol. The Morgan fingerprint density at radius 3 is 2.43 bits per heavy atom. The highest BCUT2D eigenvalue weighted by Crippen LogP contribution is 2.25. The van der Waals surface area contributed by atoms with Gasteiger partial charge in [-0.15, -0.1) is 24.0 Å². The molecule has 0 unspecified atom stereocenters. The van der Waals surface area contributed by atoms with Crippen LogP contribution in [0.25, 0.3) is 0 Å². The molecular weight excluding hydrogens is 495 g/mol. The summed E-state index contributed by atoms with van der Waals surface area (Å²) in [6.07, 6.45) is 2.69. The number of hydrogen-bond donors (Lipinski definition) is 2. The van der Waals surface area contributed by atoms with Crippen LogP contribution in [0.2, 0.25) is 0 Å². The summed E-state index contributed by atoms with van der Waals surface area (Å²) in [6, 6.07) is 11.4. The van der Waals surface area contributed by atoms with Gasteiger partial charge in [0.05, 0.1) is 12.2 Å². The Hall–Kier alpha value is -2.07. The predicted octanol–water partition coefficient (Wildman–Crippen LogP) is 4.37. The number of nitrogens with zero attached hydrogens (tertiary/aromatic N) is 2. The molecule has 0 aliphatic heterocycles. The Labute approximate surface area is 196 Å². The molecule has 0 saturated heterocycles. The summed E-state index contributed by atoms with van der Waals surface area (Å²) in [4.78, 5) is 8.63. The summed E-state index contributed by atoms with van der Waals surface area (Å²) >= 11 is 0. The summed E-state index contributed by atoms with van der Waals surface area (Å²) in [6.45, 7) is 7.96. The minimum absolute atomic E-state index is 0. The molecule has 30 heavy (non-hydrogen) atoms. The van der Waals surface area contributed by atoms with Crippen molar-refractivity contribution < 1.29 is 14.2 Å². The number of rotatable bonds is 10. The largest absolute Gasteiger partial charge is 0.494 e. The smallest absolute Gasteiger partial charge is 0.224 e. The Morgan fingerprint density at radius 1 is 1.10 bits per heavy atom. The van der Waals surface area contributed by atoms with Crippen LogP contribution in [0, 0.1) is 0 Å². The Bertz CT molecular complexity index is 782. The molecule has 0 saturated carbocycles. The quantitative estimate of drug-likeness (QED) is 0.271. The second-order valence-electron chi connectivity index (χ2n) is 7.13. The summed E-state index contributed by atoms with van der Waals surface area (Å²) in [5.41, 5.74) is 0.639. The maximum atomic E-state index is 5.98. The van der Waals surface area contributed by atoms with Gasteiger partial charge in [0.15, 0.2) is 5.96 Å². The van der Waals surface area contributed by atoms with E-state index in [-0.39, 0.29) is 29.6 Å². The third kappa shape index (κ3) is 8.74.